The van der Waals surface area contributed by atoms with Crippen LogP contribution in [-0.2, 0) is 6.54 Å². The SMILES string of the molecule is C=CCC=C/C(=C\C)[C@H]1NC(=NCc2ccccc2Cl)N[C@H]1c1ccccc1. The van der Waals surface area contributed by atoms with Crippen LogP contribution in [0.5, 0.6) is 0 Å². The van der Waals surface area contributed by atoms with E-state index in [0.717, 1.165) is 23.0 Å². The number of nitrogens with zero attached hydrogens (tertiary/aromatic N) is 1. The molecule has 2 aromatic rings. The summed E-state index contributed by atoms with van der Waals surface area (Å²) in [5, 5.41) is 7.85. The maximum atomic E-state index is 6.27. The van der Waals surface area contributed by atoms with E-state index in [9.17, 15) is 0 Å². The predicted octanol–water partition coefficient (Wildman–Crippen LogP) is 5.58. The van der Waals surface area contributed by atoms with Crippen molar-refractivity contribution in [2.75, 3.05) is 0 Å². The van der Waals surface area contributed by atoms with Crippen molar-refractivity contribution in [1.29, 1.82) is 0 Å². The zero-order valence-electron chi connectivity index (χ0n) is 16.1. The van der Waals surface area contributed by atoms with E-state index in [0.29, 0.717) is 6.54 Å². The van der Waals surface area contributed by atoms with Gasteiger partial charge in [-0.2, -0.15) is 0 Å². The number of nitrogens with one attached hydrogen (secondary N) is 2. The zero-order valence-corrected chi connectivity index (χ0v) is 16.9. The summed E-state index contributed by atoms with van der Waals surface area (Å²) in [7, 11) is 0. The molecule has 0 saturated carbocycles. The summed E-state index contributed by atoms with van der Waals surface area (Å²) in [5.74, 6) is 0.787. The normalized spacial score (nSPS) is 20.9. The molecule has 2 aromatic carbocycles. The smallest absolute Gasteiger partial charge is 0.192 e. The van der Waals surface area contributed by atoms with Crippen LogP contribution in [0.4, 0.5) is 0 Å². The van der Waals surface area contributed by atoms with Gasteiger partial charge in [-0.05, 0) is 36.1 Å². The lowest BCUT2D eigenvalue weighted by molar-refractivity contribution is 0.596. The summed E-state index contributed by atoms with van der Waals surface area (Å²) in [6, 6.07) is 18.5. The van der Waals surface area contributed by atoms with Gasteiger partial charge in [0.05, 0.1) is 18.6 Å². The van der Waals surface area contributed by atoms with Crippen molar-refractivity contribution in [3.05, 3.63) is 107 Å². The van der Waals surface area contributed by atoms with E-state index in [2.05, 4.69) is 66.6 Å². The van der Waals surface area contributed by atoms with Crippen molar-refractivity contribution in [1.82, 2.24) is 10.6 Å². The zero-order chi connectivity index (χ0) is 19.8. The molecular formula is C24H26ClN3. The second kappa shape index (κ2) is 9.95. The van der Waals surface area contributed by atoms with E-state index < -0.39 is 0 Å². The summed E-state index contributed by atoms with van der Waals surface area (Å²) in [6.45, 7) is 6.38. The van der Waals surface area contributed by atoms with Gasteiger partial charge in [0, 0.05) is 5.02 Å². The van der Waals surface area contributed by atoms with Gasteiger partial charge >= 0.3 is 0 Å². The molecule has 144 valence electrons. The Hall–Kier alpha value is -2.78. The van der Waals surface area contributed by atoms with E-state index in [-0.39, 0.29) is 12.1 Å². The average molecular weight is 392 g/mol. The molecule has 0 bridgehead atoms. The highest BCUT2D eigenvalue weighted by molar-refractivity contribution is 6.31. The molecule has 2 atom stereocenters. The molecule has 2 N–H and O–H groups in total. The van der Waals surface area contributed by atoms with Crippen LogP contribution >= 0.6 is 11.6 Å². The summed E-state index contributed by atoms with van der Waals surface area (Å²) >= 11 is 6.27. The third-order valence-corrected chi connectivity index (χ3v) is 5.12. The maximum Gasteiger partial charge on any atom is 0.192 e. The van der Waals surface area contributed by atoms with Crippen molar-refractivity contribution in [3.63, 3.8) is 0 Å². The Morgan fingerprint density at radius 3 is 2.57 bits per heavy atom. The average Bonchev–Trinajstić information content (AvgIpc) is 3.15. The molecule has 3 nitrogen and oxygen atoms in total. The summed E-state index contributed by atoms with van der Waals surface area (Å²) in [4.78, 5) is 4.74. The Morgan fingerprint density at radius 1 is 1.11 bits per heavy atom. The van der Waals surface area contributed by atoms with Crippen LogP contribution in [0.2, 0.25) is 5.02 Å². The fraction of sp³-hybridized carbons (Fsp3) is 0.208. The highest BCUT2D eigenvalue weighted by Crippen LogP contribution is 2.27. The van der Waals surface area contributed by atoms with Gasteiger partial charge in [-0.3, -0.25) is 0 Å². The number of hydrogen-bond donors (Lipinski definition) is 2. The van der Waals surface area contributed by atoms with E-state index in [1.165, 1.54) is 11.1 Å². The Morgan fingerprint density at radius 2 is 1.86 bits per heavy atom. The van der Waals surface area contributed by atoms with Crippen molar-refractivity contribution in [2.45, 2.75) is 32.0 Å². The molecule has 0 aromatic heterocycles. The summed E-state index contributed by atoms with van der Waals surface area (Å²) < 4.78 is 0. The van der Waals surface area contributed by atoms with E-state index in [1.807, 2.05) is 36.4 Å². The first kappa shape index (κ1) is 20.0. The lowest BCUT2D eigenvalue weighted by Crippen LogP contribution is -2.30. The Kier molecular flexibility index (Phi) is 7.10. The van der Waals surface area contributed by atoms with Gasteiger partial charge in [0.2, 0.25) is 0 Å². The molecule has 1 fully saturated rings. The first-order chi connectivity index (χ1) is 13.7. The number of guanidine groups is 1. The van der Waals surface area contributed by atoms with Crippen molar-refractivity contribution >= 4 is 17.6 Å². The molecule has 4 heteroatoms. The molecule has 1 heterocycles. The third kappa shape index (κ3) is 4.93. The Bertz CT molecular complexity index is 884. The molecule has 1 saturated heterocycles. The fourth-order valence-corrected chi connectivity index (χ4v) is 3.47. The van der Waals surface area contributed by atoms with Crippen molar-refractivity contribution in [2.24, 2.45) is 4.99 Å². The minimum absolute atomic E-state index is 0.0958. The number of halogens is 1. The highest BCUT2D eigenvalue weighted by atomic mass is 35.5. The maximum absolute atomic E-state index is 6.27. The van der Waals surface area contributed by atoms with Crippen LogP contribution in [0, 0.1) is 0 Å². The molecule has 1 aliphatic heterocycles. The lowest BCUT2D eigenvalue weighted by Gasteiger charge is -2.20. The van der Waals surface area contributed by atoms with Crippen molar-refractivity contribution in [3.8, 4) is 0 Å². The van der Waals surface area contributed by atoms with Crippen LogP contribution < -0.4 is 10.6 Å². The number of hydrogen-bond acceptors (Lipinski definition) is 1. The van der Waals surface area contributed by atoms with Gasteiger partial charge in [0.15, 0.2) is 5.96 Å². The highest BCUT2D eigenvalue weighted by Gasteiger charge is 2.32. The van der Waals surface area contributed by atoms with Gasteiger partial charge in [-0.15, -0.1) is 6.58 Å². The first-order valence-corrected chi connectivity index (χ1v) is 9.90. The topological polar surface area (TPSA) is 36.4 Å². The van der Waals surface area contributed by atoms with Crippen LogP contribution in [0.3, 0.4) is 0 Å². The third-order valence-electron chi connectivity index (χ3n) is 4.75. The Labute approximate surface area is 172 Å². The van der Waals surface area contributed by atoms with Gasteiger partial charge < -0.3 is 10.6 Å². The first-order valence-electron chi connectivity index (χ1n) is 9.52. The second-order valence-corrected chi connectivity index (χ2v) is 7.03. The van der Waals surface area contributed by atoms with Crippen LogP contribution in [0.1, 0.15) is 30.5 Å². The number of benzene rings is 2. The quantitative estimate of drug-likeness (QED) is 0.477. The summed E-state index contributed by atoms with van der Waals surface area (Å²) in [5.41, 5.74) is 3.45. The largest absolute Gasteiger partial charge is 0.347 e. The number of rotatable bonds is 7. The standard InChI is InChI=1S/C24H26ClN3/c1-3-5-7-12-18(4-2)22-23(19-13-8-6-9-14-19)28-24(27-22)26-17-20-15-10-11-16-21(20)25/h3-4,6-16,22-23H,1,5,17H2,2H3,(H2,26,27,28)/b12-7?,18-4+/t22-,23+/m1/s1. The van der Waals surface area contributed by atoms with Crippen molar-refractivity contribution < 1.29 is 0 Å². The monoisotopic (exact) mass is 391 g/mol. The van der Waals surface area contributed by atoms with Crippen LogP contribution in [0.15, 0.2) is 96.0 Å². The molecule has 28 heavy (non-hydrogen) atoms. The van der Waals surface area contributed by atoms with Crippen LogP contribution in [0.25, 0.3) is 0 Å². The fourth-order valence-electron chi connectivity index (χ4n) is 3.28. The summed E-state index contributed by atoms with van der Waals surface area (Å²) in [6.07, 6.45) is 9.18. The van der Waals surface area contributed by atoms with Gasteiger partial charge in [-0.1, -0.05) is 84.4 Å². The molecular weight excluding hydrogens is 366 g/mol. The molecule has 1 aliphatic rings. The minimum atomic E-state index is 0.0958. The lowest BCUT2D eigenvalue weighted by atomic mass is 9.94. The van der Waals surface area contributed by atoms with E-state index in [4.69, 9.17) is 16.6 Å². The second-order valence-electron chi connectivity index (χ2n) is 6.63. The number of aliphatic imine (C=N–C) groups is 1. The molecule has 0 amide bonds. The van der Waals surface area contributed by atoms with Gasteiger partial charge in [0.1, 0.15) is 0 Å². The van der Waals surface area contributed by atoms with E-state index in [1.54, 1.807) is 0 Å². The van der Waals surface area contributed by atoms with Gasteiger partial charge in [-0.25, -0.2) is 4.99 Å². The van der Waals surface area contributed by atoms with E-state index >= 15 is 0 Å². The van der Waals surface area contributed by atoms with Crippen LogP contribution in [-0.4, -0.2) is 12.0 Å². The molecule has 0 unspecified atom stereocenters. The van der Waals surface area contributed by atoms with Gasteiger partial charge in [0.25, 0.3) is 0 Å². The molecule has 0 aliphatic carbocycles. The minimum Gasteiger partial charge on any atom is -0.347 e. The molecule has 0 radical (unpaired) electrons. The Balaban J connectivity index is 1.85. The molecule has 3 rings (SSSR count). The number of allylic oxidation sites excluding steroid dienone is 3. The predicted molar refractivity (Wildman–Crippen MR) is 120 cm³/mol. The molecule has 0 spiro atoms.